The van der Waals surface area contributed by atoms with Gasteiger partial charge in [0.25, 0.3) is 0 Å². The Morgan fingerprint density at radius 2 is 1.75 bits per heavy atom. The Labute approximate surface area is 109 Å². The second-order valence-electron chi connectivity index (χ2n) is 3.62. The van der Waals surface area contributed by atoms with E-state index in [-0.39, 0.29) is 0 Å². The molecule has 0 aliphatic carbocycles. The molecule has 0 bridgehead atoms. The van der Waals surface area contributed by atoms with Gasteiger partial charge in [0.05, 0.1) is 5.69 Å². The number of halogens is 3. The summed E-state index contributed by atoms with van der Waals surface area (Å²) in [6.45, 7) is 3.06. The SMILES string of the molecule is CC(C)(Cl)C(=O)ONc1cc(Cl)cc(Cl)c1. The number of carbonyl (C=O) groups is 1. The zero-order chi connectivity index (χ0) is 12.3. The lowest BCUT2D eigenvalue weighted by molar-refractivity contribution is -0.142. The summed E-state index contributed by atoms with van der Waals surface area (Å²) in [5.74, 6) is -0.592. The van der Waals surface area contributed by atoms with Gasteiger partial charge >= 0.3 is 5.97 Å². The fourth-order valence-electron chi connectivity index (χ4n) is 0.839. The Morgan fingerprint density at radius 3 is 2.19 bits per heavy atom. The molecule has 0 spiro atoms. The maximum Gasteiger partial charge on any atom is 0.352 e. The van der Waals surface area contributed by atoms with Crippen molar-refractivity contribution in [2.45, 2.75) is 18.7 Å². The summed E-state index contributed by atoms with van der Waals surface area (Å²) in [7, 11) is 0. The van der Waals surface area contributed by atoms with Crippen LogP contribution in [-0.2, 0) is 9.63 Å². The molecule has 0 atom stereocenters. The fourth-order valence-corrected chi connectivity index (χ4v) is 1.40. The van der Waals surface area contributed by atoms with Crippen LogP contribution in [0.4, 0.5) is 5.69 Å². The molecule has 0 saturated heterocycles. The standard InChI is InChI=1S/C10H10Cl3NO2/c1-10(2,13)9(15)16-14-8-4-6(11)3-7(12)5-8/h3-5,14H,1-2H3. The largest absolute Gasteiger partial charge is 0.352 e. The first-order valence-electron chi connectivity index (χ1n) is 4.41. The Morgan fingerprint density at radius 1 is 1.25 bits per heavy atom. The lowest BCUT2D eigenvalue weighted by Gasteiger charge is -2.14. The van der Waals surface area contributed by atoms with E-state index in [2.05, 4.69) is 5.48 Å². The van der Waals surface area contributed by atoms with Crippen molar-refractivity contribution in [1.29, 1.82) is 0 Å². The summed E-state index contributed by atoms with van der Waals surface area (Å²) in [6.07, 6.45) is 0. The lowest BCUT2D eigenvalue weighted by Crippen LogP contribution is -2.29. The van der Waals surface area contributed by atoms with Gasteiger partial charge in [0.15, 0.2) is 0 Å². The van der Waals surface area contributed by atoms with Crippen LogP contribution in [0.1, 0.15) is 13.8 Å². The Bertz CT molecular complexity index is 381. The van der Waals surface area contributed by atoms with E-state index in [1.165, 1.54) is 13.8 Å². The Balaban J connectivity index is 2.65. The number of hydrogen-bond donors (Lipinski definition) is 1. The minimum Gasteiger partial charge on any atom is -0.341 e. The number of carbonyl (C=O) groups excluding carboxylic acids is 1. The van der Waals surface area contributed by atoms with Crippen LogP contribution in [0.15, 0.2) is 18.2 Å². The van der Waals surface area contributed by atoms with Crippen molar-refractivity contribution in [3.63, 3.8) is 0 Å². The molecule has 0 heterocycles. The van der Waals surface area contributed by atoms with Crippen LogP contribution in [0.2, 0.25) is 10.0 Å². The highest BCUT2D eigenvalue weighted by Gasteiger charge is 2.26. The van der Waals surface area contributed by atoms with Crippen LogP contribution in [0.3, 0.4) is 0 Å². The number of anilines is 1. The van der Waals surface area contributed by atoms with Gasteiger partial charge in [-0.3, -0.25) is 0 Å². The van der Waals surface area contributed by atoms with E-state index in [0.29, 0.717) is 15.7 Å². The normalized spacial score (nSPS) is 11.1. The second-order valence-corrected chi connectivity index (χ2v) is 5.44. The summed E-state index contributed by atoms with van der Waals surface area (Å²) in [5, 5.41) is 0.882. The van der Waals surface area contributed by atoms with Crippen molar-refractivity contribution >= 4 is 46.5 Å². The molecular weight excluding hydrogens is 272 g/mol. The fraction of sp³-hybridized carbons (Fsp3) is 0.300. The highest BCUT2D eigenvalue weighted by atomic mass is 35.5. The minimum atomic E-state index is -1.09. The first-order chi connectivity index (χ1) is 7.29. The quantitative estimate of drug-likeness (QED) is 0.675. The third-order valence-corrected chi connectivity index (χ3v) is 2.20. The highest BCUT2D eigenvalue weighted by Crippen LogP contribution is 2.23. The Kier molecular flexibility index (Phi) is 4.30. The second kappa shape index (κ2) is 5.13. The molecule has 0 aliphatic heterocycles. The highest BCUT2D eigenvalue weighted by molar-refractivity contribution is 6.35. The van der Waals surface area contributed by atoms with Gasteiger partial charge in [0, 0.05) is 10.0 Å². The number of rotatable bonds is 3. The topological polar surface area (TPSA) is 38.3 Å². The van der Waals surface area contributed by atoms with Gasteiger partial charge < -0.3 is 4.84 Å². The molecule has 0 unspecified atom stereocenters. The number of alkyl halides is 1. The summed E-state index contributed by atoms with van der Waals surface area (Å²) >= 11 is 17.3. The molecule has 16 heavy (non-hydrogen) atoms. The van der Waals surface area contributed by atoms with Crippen LogP contribution in [0.25, 0.3) is 0 Å². The number of nitrogens with one attached hydrogen (secondary N) is 1. The van der Waals surface area contributed by atoms with Crippen molar-refractivity contribution in [2.24, 2.45) is 0 Å². The van der Waals surface area contributed by atoms with E-state index in [1.807, 2.05) is 0 Å². The zero-order valence-electron chi connectivity index (χ0n) is 8.68. The van der Waals surface area contributed by atoms with E-state index in [4.69, 9.17) is 39.6 Å². The molecule has 6 heteroatoms. The maximum absolute atomic E-state index is 11.3. The predicted octanol–water partition coefficient (Wildman–Crippen LogP) is 3.88. The average Bonchev–Trinajstić information content (AvgIpc) is 2.11. The van der Waals surface area contributed by atoms with Gasteiger partial charge in [-0.2, -0.15) is 0 Å². The van der Waals surface area contributed by atoms with Gasteiger partial charge in [-0.15, -0.1) is 11.6 Å². The van der Waals surface area contributed by atoms with Crippen LogP contribution in [-0.4, -0.2) is 10.8 Å². The molecule has 1 rings (SSSR count). The van der Waals surface area contributed by atoms with Crippen molar-refractivity contribution < 1.29 is 9.63 Å². The number of hydrogen-bond acceptors (Lipinski definition) is 3. The molecule has 1 aromatic carbocycles. The van der Waals surface area contributed by atoms with Gasteiger partial charge in [-0.25, -0.2) is 10.3 Å². The minimum absolute atomic E-state index is 0.441. The molecule has 1 aromatic rings. The number of benzene rings is 1. The van der Waals surface area contributed by atoms with E-state index in [1.54, 1.807) is 18.2 Å². The summed E-state index contributed by atoms with van der Waals surface area (Å²) in [4.78, 5) is 15.0. The molecule has 0 amide bonds. The van der Waals surface area contributed by atoms with Crippen molar-refractivity contribution in [2.75, 3.05) is 5.48 Å². The molecule has 0 aromatic heterocycles. The van der Waals surface area contributed by atoms with Crippen LogP contribution in [0.5, 0.6) is 0 Å². The average molecular weight is 283 g/mol. The molecule has 3 nitrogen and oxygen atoms in total. The lowest BCUT2D eigenvalue weighted by atomic mass is 10.2. The van der Waals surface area contributed by atoms with Crippen LogP contribution >= 0.6 is 34.8 Å². The van der Waals surface area contributed by atoms with Crippen molar-refractivity contribution in [3.05, 3.63) is 28.2 Å². The third kappa shape index (κ3) is 4.08. The summed E-state index contributed by atoms with van der Waals surface area (Å²) in [6, 6.07) is 4.71. The van der Waals surface area contributed by atoms with Crippen LogP contribution in [0, 0.1) is 0 Å². The molecule has 88 valence electrons. The molecule has 0 saturated carbocycles. The predicted molar refractivity (Wildman–Crippen MR) is 66.1 cm³/mol. The van der Waals surface area contributed by atoms with E-state index in [0.717, 1.165) is 0 Å². The molecule has 0 radical (unpaired) electrons. The van der Waals surface area contributed by atoms with E-state index >= 15 is 0 Å². The molecule has 0 fully saturated rings. The van der Waals surface area contributed by atoms with Gasteiger partial charge in [0.1, 0.15) is 4.87 Å². The third-order valence-electron chi connectivity index (χ3n) is 1.61. The first kappa shape index (κ1) is 13.4. The maximum atomic E-state index is 11.3. The summed E-state index contributed by atoms with van der Waals surface area (Å²) < 4.78 is 0. The van der Waals surface area contributed by atoms with E-state index in [9.17, 15) is 4.79 Å². The first-order valence-corrected chi connectivity index (χ1v) is 5.55. The van der Waals surface area contributed by atoms with Gasteiger partial charge in [-0.1, -0.05) is 23.2 Å². The summed E-state index contributed by atoms with van der Waals surface area (Å²) in [5.41, 5.74) is 2.91. The molecule has 0 aliphatic rings. The van der Waals surface area contributed by atoms with Crippen molar-refractivity contribution in [1.82, 2.24) is 0 Å². The smallest absolute Gasteiger partial charge is 0.341 e. The van der Waals surface area contributed by atoms with Crippen LogP contribution < -0.4 is 5.48 Å². The van der Waals surface area contributed by atoms with Gasteiger partial charge in [0.2, 0.25) is 0 Å². The Hall–Kier alpha value is -0.640. The van der Waals surface area contributed by atoms with Gasteiger partial charge in [-0.05, 0) is 32.0 Å². The molecular formula is C10H10Cl3NO2. The van der Waals surface area contributed by atoms with Crippen molar-refractivity contribution in [3.8, 4) is 0 Å². The monoisotopic (exact) mass is 281 g/mol. The molecule has 1 N–H and O–H groups in total. The van der Waals surface area contributed by atoms with E-state index < -0.39 is 10.8 Å². The zero-order valence-corrected chi connectivity index (χ0v) is 11.0.